The van der Waals surface area contributed by atoms with E-state index in [1.165, 1.54) is 12.8 Å². The van der Waals surface area contributed by atoms with Crippen molar-refractivity contribution in [2.45, 2.75) is 57.9 Å². The molecule has 0 saturated heterocycles. The third-order valence-electron chi connectivity index (χ3n) is 4.32. The Morgan fingerprint density at radius 3 is 2.43 bits per heavy atom. The molecular formula is C18H26BrNO. The van der Waals surface area contributed by atoms with Crippen molar-refractivity contribution in [2.24, 2.45) is 0 Å². The number of carbonyl (C=O) groups excluding carboxylic acids is 1. The van der Waals surface area contributed by atoms with Gasteiger partial charge < -0.3 is 4.90 Å². The molecule has 2 nitrogen and oxygen atoms in total. The van der Waals surface area contributed by atoms with Crippen LogP contribution in [0.25, 0.3) is 0 Å². The summed E-state index contributed by atoms with van der Waals surface area (Å²) in [4.78, 5) is 15.2. The van der Waals surface area contributed by atoms with E-state index in [0.29, 0.717) is 6.04 Å². The average molecular weight is 352 g/mol. The highest BCUT2D eigenvalue weighted by molar-refractivity contribution is 9.09. The predicted molar refractivity (Wildman–Crippen MR) is 92.2 cm³/mol. The Labute approximate surface area is 137 Å². The third-order valence-corrected chi connectivity index (χ3v) is 4.67. The number of carbonyl (C=O) groups is 1. The predicted octanol–water partition coefficient (Wildman–Crippen LogP) is 4.76. The normalized spacial score (nSPS) is 16.2. The van der Waals surface area contributed by atoms with Crippen LogP contribution in [0.15, 0.2) is 24.3 Å². The quantitative estimate of drug-likeness (QED) is 0.715. The minimum atomic E-state index is -0.0119. The van der Waals surface area contributed by atoms with Gasteiger partial charge in [0.2, 0.25) is 0 Å². The molecule has 1 saturated carbocycles. The summed E-state index contributed by atoms with van der Waals surface area (Å²) in [6.07, 6.45) is 4.79. The van der Waals surface area contributed by atoms with Gasteiger partial charge >= 0.3 is 0 Å². The van der Waals surface area contributed by atoms with Crippen molar-refractivity contribution in [2.75, 3.05) is 11.9 Å². The van der Waals surface area contributed by atoms with E-state index in [1.807, 2.05) is 18.2 Å². The van der Waals surface area contributed by atoms with E-state index < -0.39 is 0 Å². The molecule has 1 amide bonds. The summed E-state index contributed by atoms with van der Waals surface area (Å²) in [6.45, 7) is 7.30. The van der Waals surface area contributed by atoms with E-state index in [2.05, 4.69) is 47.7 Å². The monoisotopic (exact) mass is 351 g/mol. The smallest absolute Gasteiger partial charge is 0.254 e. The van der Waals surface area contributed by atoms with Crippen molar-refractivity contribution in [1.82, 2.24) is 4.90 Å². The molecule has 116 valence electrons. The molecule has 0 heterocycles. The van der Waals surface area contributed by atoms with Gasteiger partial charge in [0.05, 0.1) is 0 Å². The van der Waals surface area contributed by atoms with Crippen molar-refractivity contribution in [3.63, 3.8) is 0 Å². The minimum absolute atomic E-state index is 0.0119. The van der Waals surface area contributed by atoms with E-state index in [0.717, 1.165) is 35.8 Å². The Morgan fingerprint density at radius 1 is 1.24 bits per heavy atom. The molecule has 0 atom stereocenters. The third kappa shape index (κ3) is 3.88. The standard InChI is InChI=1S/C18H26BrNO/c1-18(2,3)16-11-7-6-10-15(16)17(21)20(13-12-19)14-8-4-5-9-14/h6-7,10-11,14H,4-5,8-9,12-13H2,1-3H3. The second-order valence-electron chi connectivity index (χ2n) is 6.92. The van der Waals surface area contributed by atoms with Gasteiger partial charge in [-0.2, -0.15) is 0 Å². The first-order valence-electron chi connectivity index (χ1n) is 7.91. The summed E-state index contributed by atoms with van der Waals surface area (Å²) < 4.78 is 0. The second kappa shape index (κ2) is 6.95. The lowest BCUT2D eigenvalue weighted by molar-refractivity contribution is 0.0693. The maximum Gasteiger partial charge on any atom is 0.254 e. The maximum absolute atomic E-state index is 13.1. The van der Waals surface area contributed by atoms with E-state index in [1.54, 1.807) is 0 Å². The topological polar surface area (TPSA) is 20.3 Å². The molecule has 1 fully saturated rings. The first-order valence-corrected chi connectivity index (χ1v) is 9.03. The lowest BCUT2D eigenvalue weighted by Crippen LogP contribution is -2.41. The zero-order valence-electron chi connectivity index (χ0n) is 13.4. The summed E-state index contributed by atoms with van der Waals surface area (Å²) in [5, 5.41) is 0.840. The molecule has 0 N–H and O–H groups in total. The Bertz CT molecular complexity index is 486. The van der Waals surface area contributed by atoms with Gasteiger partial charge in [-0.3, -0.25) is 4.79 Å². The molecule has 21 heavy (non-hydrogen) atoms. The van der Waals surface area contributed by atoms with Crippen LogP contribution < -0.4 is 0 Å². The number of hydrogen-bond acceptors (Lipinski definition) is 1. The molecule has 0 aliphatic heterocycles. The largest absolute Gasteiger partial charge is 0.335 e. The number of alkyl halides is 1. The summed E-state index contributed by atoms with van der Waals surface area (Å²) in [7, 11) is 0. The lowest BCUT2D eigenvalue weighted by atomic mass is 9.83. The fraction of sp³-hybridized carbons (Fsp3) is 0.611. The fourth-order valence-corrected chi connectivity index (χ4v) is 3.62. The van der Waals surface area contributed by atoms with Gasteiger partial charge in [0.15, 0.2) is 0 Å². The summed E-state index contributed by atoms with van der Waals surface area (Å²) in [5.41, 5.74) is 2.01. The number of rotatable bonds is 4. The molecule has 1 aromatic rings. The molecular weight excluding hydrogens is 326 g/mol. The number of nitrogens with zero attached hydrogens (tertiary/aromatic N) is 1. The van der Waals surface area contributed by atoms with Crippen molar-refractivity contribution in [3.05, 3.63) is 35.4 Å². The highest BCUT2D eigenvalue weighted by Gasteiger charge is 2.29. The zero-order chi connectivity index (χ0) is 15.5. The number of benzene rings is 1. The van der Waals surface area contributed by atoms with E-state index in [-0.39, 0.29) is 11.3 Å². The lowest BCUT2D eigenvalue weighted by Gasteiger charge is -2.31. The second-order valence-corrected chi connectivity index (χ2v) is 7.71. The number of halogens is 1. The van der Waals surface area contributed by atoms with Crippen LogP contribution in [0, 0.1) is 0 Å². The molecule has 1 aliphatic carbocycles. The Hall–Kier alpha value is -0.830. The van der Waals surface area contributed by atoms with Crippen molar-refractivity contribution >= 4 is 21.8 Å². The summed E-state index contributed by atoms with van der Waals surface area (Å²) in [6, 6.07) is 8.50. The van der Waals surface area contributed by atoms with Crippen LogP contribution in [0.5, 0.6) is 0 Å². The average Bonchev–Trinajstić information content (AvgIpc) is 2.97. The minimum Gasteiger partial charge on any atom is -0.335 e. The van der Waals surface area contributed by atoms with Gasteiger partial charge in [-0.25, -0.2) is 0 Å². The molecule has 0 radical (unpaired) electrons. The first-order chi connectivity index (χ1) is 9.95. The highest BCUT2D eigenvalue weighted by Crippen LogP contribution is 2.29. The van der Waals surface area contributed by atoms with Crippen LogP contribution in [0.1, 0.15) is 62.4 Å². The van der Waals surface area contributed by atoms with Crippen molar-refractivity contribution < 1.29 is 4.79 Å². The molecule has 3 heteroatoms. The highest BCUT2D eigenvalue weighted by atomic mass is 79.9. The molecule has 0 aromatic heterocycles. The van der Waals surface area contributed by atoms with Gasteiger partial charge in [0.1, 0.15) is 0 Å². The maximum atomic E-state index is 13.1. The molecule has 2 rings (SSSR count). The van der Waals surface area contributed by atoms with Crippen LogP contribution >= 0.6 is 15.9 Å². The van der Waals surface area contributed by atoms with Crippen LogP contribution in [-0.4, -0.2) is 28.7 Å². The number of hydrogen-bond donors (Lipinski definition) is 0. The van der Waals surface area contributed by atoms with Crippen molar-refractivity contribution in [1.29, 1.82) is 0 Å². The van der Waals surface area contributed by atoms with E-state index in [4.69, 9.17) is 0 Å². The van der Waals surface area contributed by atoms with Gasteiger partial charge in [-0.05, 0) is 29.9 Å². The fourth-order valence-electron chi connectivity index (χ4n) is 3.24. The number of amides is 1. The molecule has 0 spiro atoms. The molecule has 1 aliphatic rings. The van der Waals surface area contributed by atoms with E-state index >= 15 is 0 Å². The molecule has 0 bridgehead atoms. The Balaban J connectivity index is 2.32. The molecule has 0 unspecified atom stereocenters. The van der Waals surface area contributed by atoms with Crippen molar-refractivity contribution in [3.8, 4) is 0 Å². The Kier molecular flexibility index (Phi) is 5.48. The van der Waals surface area contributed by atoms with Crippen LogP contribution in [0.3, 0.4) is 0 Å². The van der Waals surface area contributed by atoms with Crippen LogP contribution in [0.2, 0.25) is 0 Å². The SMILES string of the molecule is CC(C)(C)c1ccccc1C(=O)N(CCBr)C1CCCC1. The summed E-state index contributed by atoms with van der Waals surface area (Å²) in [5.74, 6) is 0.201. The molecule has 1 aromatic carbocycles. The van der Waals surface area contributed by atoms with Gasteiger partial charge in [0, 0.05) is 23.5 Å². The Morgan fingerprint density at radius 2 is 1.86 bits per heavy atom. The first kappa shape index (κ1) is 16.5. The van der Waals surface area contributed by atoms with Gasteiger partial charge in [-0.1, -0.05) is 67.7 Å². The zero-order valence-corrected chi connectivity index (χ0v) is 14.9. The van der Waals surface area contributed by atoms with Gasteiger partial charge in [0.25, 0.3) is 5.91 Å². The van der Waals surface area contributed by atoms with Crippen LogP contribution in [0.4, 0.5) is 0 Å². The summed E-state index contributed by atoms with van der Waals surface area (Å²) >= 11 is 3.50. The van der Waals surface area contributed by atoms with Crippen LogP contribution in [-0.2, 0) is 5.41 Å². The van der Waals surface area contributed by atoms with Gasteiger partial charge in [-0.15, -0.1) is 0 Å². The van der Waals surface area contributed by atoms with E-state index in [9.17, 15) is 4.79 Å².